The number of rotatable bonds is 3. The Hall–Kier alpha value is -1.65. The SMILES string of the molecule is CC(C1CC1)N(C)C(=O)c1cnc(N)cn1. The van der Waals surface area contributed by atoms with Crippen LogP contribution in [-0.2, 0) is 0 Å². The number of nitrogens with zero attached hydrogens (tertiary/aromatic N) is 3. The average molecular weight is 220 g/mol. The van der Waals surface area contributed by atoms with Crippen LogP contribution in [0.5, 0.6) is 0 Å². The molecule has 5 nitrogen and oxygen atoms in total. The lowest BCUT2D eigenvalue weighted by Crippen LogP contribution is -2.36. The molecule has 1 aliphatic carbocycles. The van der Waals surface area contributed by atoms with Gasteiger partial charge in [-0.2, -0.15) is 0 Å². The van der Waals surface area contributed by atoms with E-state index in [1.54, 1.807) is 4.90 Å². The molecule has 2 rings (SSSR count). The molecule has 0 spiro atoms. The number of hydrogen-bond donors (Lipinski definition) is 1. The van der Waals surface area contributed by atoms with Gasteiger partial charge in [-0.25, -0.2) is 9.97 Å². The smallest absolute Gasteiger partial charge is 0.274 e. The van der Waals surface area contributed by atoms with Gasteiger partial charge in [0.05, 0.1) is 12.4 Å². The number of nitrogen functional groups attached to an aromatic ring is 1. The Kier molecular flexibility index (Phi) is 2.77. The molecule has 1 atom stereocenters. The largest absolute Gasteiger partial charge is 0.382 e. The predicted octanol–water partition coefficient (Wildman–Crippen LogP) is 0.929. The van der Waals surface area contributed by atoms with Crippen molar-refractivity contribution in [3.8, 4) is 0 Å². The van der Waals surface area contributed by atoms with Crippen LogP contribution in [0.25, 0.3) is 0 Å². The highest BCUT2D eigenvalue weighted by atomic mass is 16.2. The van der Waals surface area contributed by atoms with Gasteiger partial charge in [0.1, 0.15) is 11.5 Å². The maximum Gasteiger partial charge on any atom is 0.274 e. The minimum absolute atomic E-state index is 0.0908. The van der Waals surface area contributed by atoms with E-state index in [0.29, 0.717) is 17.4 Å². The van der Waals surface area contributed by atoms with E-state index < -0.39 is 0 Å². The number of aromatic nitrogens is 2. The Balaban J connectivity index is 2.08. The molecule has 86 valence electrons. The summed E-state index contributed by atoms with van der Waals surface area (Å²) in [6.45, 7) is 2.07. The Morgan fingerprint density at radius 3 is 2.69 bits per heavy atom. The molecule has 1 saturated carbocycles. The molecule has 1 fully saturated rings. The van der Waals surface area contributed by atoms with Crippen LogP contribution in [0.3, 0.4) is 0 Å². The van der Waals surface area contributed by atoms with Gasteiger partial charge in [-0.05, 0) is 25.7 Å². The molecular formula is C11H16N4O. The van der Waals surface area contributed by atoms with E-state index in [9.17, 15) is 4.79 Å². The van der Waals surface area contributed by atoms with Gasteiger partial charge in [-0.3, -0.25) is 4.79 Å². The van der Waals surface area contributed by atoms with Gasteiger partial charge in [0.25, 0.3) is 5.91 Å². The Labute approximate surface area is 94.7 Å². The van der Waals surface area contributed by atoms with Crippen LogP contribution in [0.4, 0.5) is 5.82 Å². The van der Waals surface area contributed by atoms with Crippen molar-refractivity contribution in [1.82, 2.24) is 14.9 Å². The second-order valence-electron chi connectivity index (χ2n) is 4.32. The molecule has 1 aromatic heterocycles. The van der Waals surface area contributed by atoms with Crippen molar-refractivity contribution in [2.45, 2.75) is 25.8 Å². The van der Waals surface area contributed by atoms with E-state index in [1.165, 1.54) is 25.2 Å². The summed E-state index contributed by atoms with van der Waals surface area (Å²) in [6, 6.07) is 0.270. The number of carbonyl (C=O) groups excluding carboxylic acids is 1. The van der Waals surface area contributed by atoms with E-state index in [2.05, 4.69) is 16.9 Å². The van der Waals surface area contributed by atoms with E-state index in [1.807, 2.05) is 7.05 Å². The average Bonchev–Trinajstić information content (AvgIpc) is 3.11. The molecule has 0 radical (unpaired) electrons. The first-order valence-corrected chi connectivity index (χ1v) is 5.44. The molecule has 2 N–H and O–H groups in total. The highest BCUT2D eigenvalue weighted by Gasteiger charge is 2.33. The summed E-state index contributed by atoms with van der Waals surface area (Å²) in [5.41, 5.74) is 5.77. The zero-order valence-electron chi connectivity index (χ0n) is 9.55. The molecule has 0 bridgehead atoms. The van der Waals surface area contributed by atoms with Crippen LogP contribution in [0.2, 0.25) is 0 Å². The third kappa shape index (κ3) is 2.13. The fourth-order valence-corrected chi connectivity index (χ4v) is 1.71. The van der Waals surface area contributed by atoms with E-state index in [-0.39, 0.29) is 11.9 Å². The first kappa shape index (κ1) is 10.9. The van der Waals surface area contributed by atoms with Gasteiger partial charge in [-0.1, -0.05) is 0 Å². The van der Waals surface area contributed by atoms with Gasteiger partial charge in [-0.15, -0.1) is 0 Å². The van der Waals surface area contributed by atoms with Crippen LogP contribution in [0, 0.1) is 5.92 Å². The number of carbonyl (C=O) groups is 1. The molecule has 0 aromatic carbocycles. The van der Waals surface area contributed by atoms with Crippen molar-refractivity contribution in [2.75, 3.05) is 12.8 Å². The van der Waals surface area contributed by atoms with Crippen LogP contribution in [-0.4, -0.2) is 33.9 Å². The summed E-state index contributed by atoms with van der Waals surface area (Å²) >= 11 is 0. The highest BCUT2D eigenvalue weighted by Crippen LogP contribution is 2.34. The van der Waals surface area contributed by atoms with Crippen molar-refractivity contribution >= 4 is 11.7 Å². The fourth-order valence-electron chi connectivity index (χ4n) is 1.71. The van der Waals surface area contributed by atoms with Crippen molar-refractivity contribution in [2.24, 2.45) is 5.92 Å². The Bertz CT molecular complexity index is 385. The molecular weight excluding hydrogens is 204 g/mol. The van der Waals surface area contributed by atoms with Crippen LogP contribution in [0.15, 0.2) is 12.4 Å². The van der Waals surface area contributed by atoms with Gasteiger partial charge >= 0.3 is 0 Å². The van der Waals surface area contributed by atoms with Gasteiger partial charge in [0.2, 0.25) is 0 Å². The molecule has 1 aromatic rings. The van der Waals surface area contributed by atoms with Crippen molar-refractivity contribution in [1.29, 1.82) is 0 Å². The fraction of sp³-hybridized carbons (Fsp3) is 0.545. The minimum atomic E-state index is -0.0908. The quantitative estimate of drug-likeness (QED) is 0.822. The number of nitrogens with two attached hydrogens (primary N) is 1. The second kappa shape index (κ2) is 4.08. The molecule has 1 amide bonds. The molecule has 1 heterocycles. The third-order valence-electron chi connectivity index (χ3n) is 3.13. The van der Waals surface area contributed by atoms with Gasteiger partial charge in [0.15, 0.2) is 0 Å². The standard InChI is InChI=1S/C11H16N4O/c1-7(8-3-4-8)15(2)11(16)9-5-14-10(12)6-13-9/h5-8H,3-4H2,1-2H3,(H2,12,14). The third-order valence-corrected chi connectivity index (χ3v) is 3.13. The zero-order valence-corrected chi connectivity index (χ0v) is 9.55. The lowest BCUT2D eigenvalue weighted by molar-refractivity contribution is 0.0721. The maximum atomic E-state index is 12.0. The van der Waals surface area contributed by atoms with Gasteiger partial charge < -0.3 is 10.6 Å². The summed E-state index contributed by atoms with van der Waals surface area (Å²) < 4.78 is 0. The zero-order chi connectivity index (χ0) is 11.7. The van der Waals surface area contributed by atoms with Crippen molar-refractivity contribution in [3.63, 3.8) is 0 Å². The molecule has 0 aliphatic heterocycles. The van der Waals surface area contributed by atoms with Gasteiger partial charge in [0, 0.05) is 13.1 Å². The number of anilines is 1. The van der Waals surface area contributed by atoms with E-state index >= 15 is 0 Å². The molecule has 16 heavy (non-hydrogen) atoms. The summed E-state index contributed by atoms with van der Waals surface area (Å²) in [5.74, 6) is 0.886. The minimum Gasteiger partial charge on any atom is -0.382 e. The highest BCUT2D eigenvalue weighted by molar-refractivity contribution is 5.92. The molecule has 1 aliphatic rings. The monoisotopic (exact) mass is 220 g/mol. The summed E-state index contributed by atoms with van der Waals surface area (Å²) in [6.07, 6.45) is 5.26. The normalized spacial score (nSPS) is 16.9. The predicted molar refractivity (Wildman–Crippen MR) is 60.7 cm³/mol. The van der Waals surface area contributed by atoms with E-state index in [4.69, 9.17) is 5.73 Å². The van der Waals surface area contributed by atoms with Crippen LogP contribution < -0.4 is 5.73 Å². The maximum absolute atomic E-state index is 12.0. The molecule has 1 unspecified atom stereocenters. The summed E-state index contributed by atoms with van der Waals surface area (Å²) in [4.78, 5) is 21.6. The van der Waals surface area contributed by atoms with Crippen molar-refractivity contribution < 1.29 is 4.79 Å². The second-order valence-corrected chi connectivity index (χ2v) is 4.32. The summed E-state index contributed by atoms with van der Waals surface area (Å²) in [7, 11) is 1.81. The molecule has 5 heteroatoms. The lowest BCUT2D eigenvalue weighted by Gasteiger charge is -2.24. The first-order valence-electron chi connectivity index (χ1n) is 5.44. The summed E-state index contributed by atoms with van der Waals surface area (Å²) in [5, 5.41) is 0. The topological polar surface area (TPSA) is 72.1 Å². The lowest BCUT2D eigenvalue weighted by atomic mass is 10.2. The molecule has 0 saturated heterocycles. The van der Waals surface area contributed by atoms with Crippen LogP contribution in [0.1, 0.15) is 30.3 Å². The Morgan fingerprint density at radius 2 is 2.19 bits per heavy atom. The first-order chi connectivity index (χ1) is 7.59. The van der Waals surface area contributed by atoms with E-state index in [0.717, 1.165) is 0 Å². The Morgan fingerprint density at radius 1 is 1.50 bits per heavy atom. The number of hydrogen-bond acceptors (Lipinski definition) is 4. The number of amides is 1. The van der Waals surface area contributed by atoms with Crippen molar-refractivity contribution in [3.05, 3.63) is 18.1 Å². The van der Waals surface area contributed by atoms with Crippen LogP contribution >= 0.6 is 0 Å².